The highest BCUT2D eigenvalue weighted by molar-refractivity contribution is 7.92. The third-order valence-electron chi connectivity index (χ3n) is 5.18. The van der Waals surface area contributed by atoms with Crippen molar-refractivity contribution >= 4 is 33.7 Å². The third kappa shape index (κ3) is 7.91. The highest BCUT2D eigenvalue weighted by Crippen LogP contribution is 2.22. The van der Waals surface area contributed by atoms with E-state index in [9.17, 15) is 18.0 Å². The van der Waals surface area contributed by atoms with Crippen LogP contribution in [0.5, 0.6) is 0 Å². The second-order valence-corrected chi connectivity index (χ2v) is 9.82. The Morgan fingerprint density at radius 3 is 2.26 bits per heavy atom. The van der Waals surface area contributed by atoms with E-state index in [2.05, 4.69) is 10.0 Å². The van der Waals surface area contributed by atoms with Gasteiger partial charge in [0.05, 0.1) is 0 Å². The summed E-state index contributed by atoms with van der Waals surface area (Å²) in [5, 5.41) is 3.78. The van der Waals surface area contributed by atoms with Crippen molar-refractivity contribution in [2.24, 2.45) is 0 Å². The first kappa shape index (κ1) is 25.9. The molecule has 1 atom stereocenters. The summed E-state index contributed by atoms with van der Waals surface area (Å²) < 4.78 is 32.2. The van der Waals surface area contributed by atoms with Gasteiger partial charge in [-0.1, -0.05) is 72.3 Å². The summed E-state index contributed by atoms with van der Waals surface area (Å²) in [5.74, 6) is -1.43. The monoisotopic (exact) mass is 492 g/mol. The summed E-state index contributed by atoms with van der Waals surface area (Å²) in [6.07, 6.45) is 0.175. The molecule has 3 rings (SSSR count). The van der Waals surface area contributed by atoms with Crippen molar-refractivity contribution in [3.8, 4) is 0 Å². The molecule has 1 amide bonds. The highest BCUT2D eigenvalue weighted by Gasteiger charge is 2.26. The maximum Gasteiger partial charge on any atom is 0.322 e. The number of nitrogens with one attached hydrogen (secondary N) is 2. The first-order valence-electron chi connectivity index (χ1n) is 11.0. The Kier molecular flexibility index (Phi) is 8.57. The molecule has 35 heavy (non-hydrogen) atoms. The van der Waals surface area contributed by atoms with Crippen LogP contribution in [0.15, 0.2) is 78.2 Å². The van der Waals surface area contributed by atoms with Gasteiger partial charge in [0.1, 0.15) is 6.54 Å². The molecule has 0 aliphatic rings. The minimum absolute atomic E-state index is 0.464. The largest absolute Gasteiger partial charge is 0.446 e. The Morgan fingerprint density at radius 1 is 0.914 bits per heavy atom. The summed E-state index contributed by atoms with van der Waals surface area (Å²) in [5.41, 5.74) is 4.65. The number of ether oxygens (including phenoxy) is 1. The van der Waals surface area contributed by atoms with Crippen LogP contribution >= 0.6 is 0 Å². The van der Waals surface area contributed by atoms with E-state index in [1.165, 1.54) is 6.08 Å². The van der Waals surface area contributed by atoms with E-state index in [0.29, 0.717) is 16.8 Å². The predicted molar refractivity (Wildman–Crippen MR) is 137 cm³/mol. The maximum atomic E-state index is 13.1. The summed E-state index contributed by atoms with van der Waals surface area (Å²) in [4.78, 5) is 25.6. The van der Waals surface area contributed by atoms with Crippen molar-refractivity contribution in [2.45, 2.75) is 26.9 Å². The molecule has 182 valence electrons. The molecule has 0 spiro atoms. The van der Waals surface area contributed by atoms with Crippen LogP contribution in [0.1, 0.15) is 33.9 Å². The minimum Gasteiger partial charge on any atom is -0.446 e. The van der Waals surface area contributed by atoms with Crippen LogP contribution in [0, 0.1) is 20.8 Å². The molecular formula is C27H28N2O5S. The van der Waals surface area contributed by atoms with Crippen LogP contribution in [0.4, 0.5) is 5.69 Å². The highest BCUT2D eigenvalue weighted by atomic mass is 32.2. The number of rotatable bonds is 9. The smallest absolute Gasteiger partial charge is 0.322 e. The minimum atomic E-state index is -3.90. The van der Waals surface area contributed by atoms with Crippen molar-refractivity contribution in [1.82, 2.24) is 4.72 Å². The van der Waals surface area contributed by atoms with Crippen molar-refractivity contribution in [1.29, 1.82) is 0 Å². The van der Waals surface area contributed by atoms with Gasteiger partial charge in [0.15, 0.2) is 0 Å². The van der Waals surface area contributed by atoms with Crippen LogP contribution < -0.4 is 10.0 Å². The first-order chi connectivity index (χ1) is 16.6. The topological polar surface area (TPSA) is 102 Å². The summed E-state index contributed by atoms with van der Waals surface area (Å²) in [7, 11) is -3.90. The van der Waals surface area contributed by atoms with Crippen molar-refractivity contribution in [3.63, 3.8) is 0 Å². The van der Waals surface area contributed by atoms with Gasteiger partial charge in [-0.3, -0.25) is 9.59 Å². The van der Waals surface area contributed by atoms with Crippen molar-refractivity contribution in [2.75, 3.05) is 11.9 Å². The molecule has 0 fully saturated rings. The molecule has 0 bridgehead atoms. The average Bonchev–Trinajstić information content (AvgIpc) is 2.84. The van der Waals surface area contributed by atoms with Gasteiger partial charge in [-0.05, 0) is 49.6 Å². The summed E-state index contributed by atoms with van der Waals surface area (Å²) >= 11 is 0. The predicted octanol–water partition coefficient (Wildman–Crippen LogP) is 4.43. The van der Waals surface area contributed by atoms with Crippen LogP contribution in [-0.2, 0) is 24.3 Å². The van der Waals surface area contributed by atoms with Crippen LogP contribution in [0.25, 0.3) is 6.08 Å². The molecule has 0 radical (unpaired) electrons. The van der Waals surface area contributed by atoms with Gasteiger partial charge in [-0.25, -0.2) is 13.1 Å². The molecule has 0 heterocycles. The Labute approximate surface area is 205 Å². The van der Waals surface area contributed by atoms with Gasteiger partial charge in [0.2, 0.25) is 16.1 Å². The van der Waals surface area contributed by atoms with E-state index in [4.69, 9.17) is 4.74 Å². The van der Waals surface area contributed by atoms with Crippen LogP contribution in [0.2, 0.25) is 0 Å². The number of carbonyl (C=O) groups excluding carboxylic acids is 2. The fourth-order valence-corrected chi connectivity index (χ4v) is 3.95. The van der Waals surface area contributed by atoms with Gasteiger partial charge >= 0.3 is 5.97 Å². The fourth-order valence-electron chi connectivity index (χ4n) is 3.20. The molecule has 0 aliphatic carbocycles. The number of sulfonamides is 1. The third-order valence-corrected chi connectivity index (χ3v) is 6.22. The van der Waals surface area contributed by atoms with Crippen molar-refractivity contribution < 1.29 is 22.7 Å². The number of aryl methyl sites for hydroxylation is 3. The van der Waals surface area contributed by atoms with Gasteiger partial charge in [0.25, 0.3) is 5.91 Å². The quantitative estimate of drug-likeness (QED) is 0.431. The zero-order valence-corrected chi connectivity index (χ0v) is 20.6. The lowest BCUT2D eigenvalue weighted by Crippen LogP contribution is -2.33. The maximum absolute atomic E-state index is 13.1. The molecule has 0 aromatic heterocycles. The average molecular weight is 493 g/mol. The Bertz CT molecular complexity index is 1320. The molecule has 8 heteroatoms. The summed E-state index contributed by atoms with van der Waals surface area (Å²) in [6, 6.07) is 21.5. The summed E-state index contributed by atoms with van der Waals surface area (Å²) in [6.45, 7) is 5.07. The second-order valence-electron chi connectivity index (χ2n) is 8.17. The van der Waals surface area contributed by atoms with E-state index in [-0.39, 0.29) is 0 Å². The van der Waals surface area contributed by atoms with Gasteiger partial charge in [0, 0.05) is 16.7 Å². The number of carbonyl (C=O) groups is 2. The van der Waals surface area contributed by atoms with Gasteiger partial charge in [-0.15, -0.1) is 0 Å². The van der Waals surface area contributed by atoms with E-state index in [1.807, 2.05) is 51.1 Å². The molecule has 0 saturated carbocycles. The van der Waals surface area contributed by atoms with Gasteiger partial charge < -0.3 is 10.1 Å². The van der Waals surface area contributed by atoms with Crippen LogP contribution in [0.3, 0.4) is 0 Å². The van der Waals surface area contributed by atoms with E-state index >= 15 is 0 Å². The standard InChI is InChI=1S/C27H28N2O5S/c1-19-10-13-22(14-11-19)15-16-35(32,33)28-18-25(30)34-26(23-7-5-4-6-8-23)27(31)29-24-17-20(2)9-12-21(24)3/h4-17,26,28H,18H2,1-3H3,(H,29,31)/b16-15+. The molecule has 1 unspecified atom stereocenters. The van der Waals surface area contributed by atoms with E-state index in [0.717, 1.165) is 22.1 Å². The SMILES string of the molecule is Cc1ccc(/C=C/S(=O)(=O)NCC(=O)OC(C(=O)Nc2cc(C)ccc2C)c2ccccc2)cc1. The number of amides is 1. The first-order valence-corrected chi connectivity index (χ1v) is 12.5. The Morgan fingerprint density at radius 2 is 1.57 bits per heavy atom. The molecule has 0 aliphatic heterocycles. The molecular weight excluding hydrogens is 464 g/mol. The lowest BCUT2D eigenvalue weighted by Gasteiger charge is -2.19. The lowest BCUT2D eigenvalue weighted by atomic mass is 10.1. The number of hydrogen-bond donors (Lipinski definition) is 2. The van der Waals surface area contributed by atoms with E-state index < -0.39 is 34.5 Å². The van der Waals surface area contributed by atoms with Crippen LogP contribution in [-0.4, -0.2) is 26.8 Å². The zero-order chi connectivity index (χ0) is 25.4. The van der Waals surface area contributed by atoms with E-state index in [1.54, 1.807) is 42.5 Å². The molecule has 2 N–H and O–H groups in total. The molecule has 3 aromatic carbocycles. The zero-order valence-electron chi connectivity index (χ0n) is 19.8. The Balaban J connectivity index is 1.68. The van der Waals surface area contributed by atoms with Crippen molar-refractivity contribution in [3.05, 3.63) is 106 Å². The Hall–Kier alpha value is -3.75. The number of esters is 1. The normalized spacial score (nSPS) is 12.3. The fraction of sp³-hybridized carbons (Fsp3) is 0.185. The van der Waals surface area contributed by atoms with Gasteiger partial charge in [-0.2, -0.15) is 0 Å². The molecule has 0 saturated heterocycles. The molecule has 7 nitrogen and oxygen atoms in total. The number of anilines is 1. The number of benzene rings is 3. The lowest BCUT2D eigenvalue weighted by molar-refractivity contribution is -0.153. The number of hydrogen-bond acceptors (Lipinski definition) is 5. The molecule has 3 aromatic rings. The second kappa shape index (κ2) is 11.6.